The van der Waals surface area contributed by atoms with E-state index < -0.39 is 5.97 Å². The monoisotopic (exact) mass is 212 g/mol. The number of hydrogen-bond acceptors (Lipinski definition) is 3. The van der Waals surface area contributed by atoms with E-state index in [9.17, 15) is 9.59 Å². The zero-order valence-electron chi connectivity index (χ0n) is 7.62. The Kier molecular flexibility index (Phi) is 3.65. The summed E-state index contributed by atoms with van der Waals surface area (Å²) in [5, 5.41) is 0.349. The third-order valence-corrected chi connectivity index (χ3v) is 2.04. The number of halogens is 1. The molecule has 0 radical (unpaired) electrons. The van der Waals surface area contributed by atoms with E-state index >= 15 is 0 Å². The first kappa shape index (κ1) is 10.7. The molecular formula is C10H9ClO3. The van der Waals surface area contributed by atoms with Crippen molar-refractivity contribution >= 4 is 23.4 Å². The number of Topliss-reactive ketones (excluding diaryl/α,β-unsaturated/α-hetero) is 1. The van der Waals surface area contributed by atoms with Crippen molar-refractivity contribution in [3.63, 3.8) is 0 Å². The van der Waals surface area contributed by atoms with Gasteiger partial charge in [-0.1, -0.05) is 23.7 Å². The number of hydrogen-bond donors (Lipinski definition) is 0. The summed E-state index contributed by atoms with van der Waals surface area (Å²) in [5.74, 6) is -0.891. The van der Waals surface area contributed by atoms with E-state index in [4.69, 9.17) is 11.6 Å². The van der Waals surface area contributed by atoms with E-state index in [0.717, 1.165) is 0 Å². The van der Waals surface area contributed by atoms with E-state index in [0.29, 0.717) is 10.6 Å². The molecule has 1 rings (SSSR count). The van der Waals surface area contributed by atoms with Crippen molar-refractivity contribution in [1.82, 2.24) is 0 Å². The van der Waals surface area contributed by atoms with Gasteiger partial charge >= 0.3 is 5.97 Å². The van der Waals surface area contributed by atoms with Crippen molar-refractivity contribution in [3.8, 4) is 0 Å². The fraction of sp³-hybridized carbons (Fsp3) is 0.200. The minimum atomic E-state index is -0.560. The number of ether oxygens (including phenoxy) is 1. The van der Waals surface area contributed by atoms with Crippen LogP contribution in [-0.4, -0.2) is 18.9 Å². The molecule has 1 aromatic carbocycles. The second-order valence-electron chi connectivity index (χ2n) is 2.66. The maximum absolute atomic E-state index is 11.4. The van der Waals surface area contributed by atoms with Crippen LogP contribution in [0.25, 0.3) is 0 Å². The molecule has 1 aromatic rings. The molecule has 0 fully saturated rings. The molecule has 0 spiro atoms. The van der Waals surface area contributed by atoms with Crippen LogP contribution in [0.2, 0.25) is 5.02 Å². The second kappa shape index (κ2) is 4.77. The smallest absolute Gasteiger partial charge is 0.313 e. The van der Waals surface area contributed by atoms with Crippen LogP contribution in [0.5, 0.6) is 0 Å². The first-order chi connectivity index (χ1) is 6.65. The van der Waals surface area contributed by atoms with Gasteiger partial charge in [0.2, 0.25) is 0 Å². The zero-order valence-corrected chi connectivity index (χ0v) is 8.38. The fourth-order valence-corrected chi connectivity index (χ4v) is 1.23. The van der Waals surface area contributed by atoms with Crippen molar-refractivity contribution in [2.24, 2.45) is 0 Å². The lowest BCUT2D eigenvalue weighted by atomic mass is 10.1. The number of methoxy groups -OCH3 is 1. The maximum Gasteiger partial charge on any atom is 0.313 e. The molecule has 0 atom stereocenters. The van der Waals surface area contributed by atoms with Crippen LogP contribution in [0.3, 0.4) is 0 Å². The van der Waals surface area contributed by atoms with Crippen molar-refractivity contribution in [3.05, 3.63) is 34.9 Å². The Bertz CT molecular complexity index is 360. The molecule has 0 saturated carbocycles. The summed E-state index contributed by atoms with van der Waals surface area (Å²) in [5.41, 5.74) is 0.347. The molecule has 0 aliphatic rings. The zero-order chi connectivity index (χ0) is 10.6. The van der Waals surface area contributed by atoms with Crippen molar-refractivity contribution < 1.29 is 14.3 Å². The SMILES string of the molecule is COC(=O)CC(=O)c1ccccc1Cl. The Morgan fingerprint density at radius 2 is 2.00 bits per heavy atom. The van der Waals surface area contributed by atoms with Gasteiger partial charge in [-0.2, -0.15) is 0 Å². The minimum absolute atomic E-state index is 0.278. The number of benzene rings is 1. The van der Waals surface area contributed by atoms with E-state index in [2.05, 4.69) is 4.74 Å². The van der Waals surface area contributed by atoms with Gasteiger partial charge in [-0.05, 0) is 12.1 Å². The highest BCUT2D eigenvalue weighted by Crippen LogP contribution is 2.16. The lowest BCUT2D eigenvalue weighted by molar-refractivity contribution is -0.139. The molecule has 0 aliphatic heterocycles. The van der Waals surface area contributed by atoms with Gasteiger partial charge in [0, 0.05) is 5.56 Å². The quantitative estimate of drug-likeness (QED) is 0.438. The molecule has 0 bridgehead atoms. The predicted molar refractivity (Wildman–Crippen MR) is 52.4 cm³/mol. The second-order valence-corrected chi connectivity index (χ2v) is 3.06. The Labute approximate surface area is 86.6 Å². The van der Waals surface area contributed by atoms with E-state index in [-0.39, 0.29) is 12.2 Å². The summed E-state index contributed by atoms with van der Waals surface area (Å²) in [6.45, 7) is 0. The first-order valence-electron chi connectivity index (χ1n) is 3.99. The summed E-state index contributed by atoms with van der Waals surface area (Å²) in [7, 11) is 1.24. The van der Waals surface area contributed by atoms with E-state index in [1.165, 1.54) is 7.11 Å². The van der Waals surface area contributed by atoms with Crippen LogP contribution in [0.4, 0.5) is 0 Å². The van der Waals surface area contributed by atoms with Crippen molar-refractivity contribution in [1.29, 1.82) is 0 Å². The third-order valence-electron chi connectivity index (χ3n) is 1.71. The highest BCUT2D eigenvalue weighted by molar-refractivity contribution is 6.34. The summed E-state index contributed by atoms with van der Waals surface area (Å²) in [6, 6.07) is 6.59. The molecule has 14 heavy (non-hydrogen) atoms. The van der Waals surface area contributed by atoms with Crippen LogP contribution in [0.15, 0.2) is 24.3 Å². The van der Waals surface area contributed by atoms with Crippen molar-refractivity contribution in [2.45, 2.75) is 6.42 Å². The molecule has 0 heterocycles. The topological polar surface area (TPSA) is 43.4 Å². The van der Waals surface area contributed by atoms with Crippen LogP contribution in [0, 0.1) is 0 Å². The Hall–Kier alpha value is -1.35. The molecule has 0 aromatic heterocycles. The van der Waals surface area contributed by atoms with Crippen LogP contribution in [-0.2, 0) is 9.53 Å². The van der Waals surface area contributed by atoms with Crippen molar-refractivity contribution in [2.75, 3.05) is 7.11 Å². The highest BCUT2D eigenvalue weighted by Gasteiger charge is 2.13. The molecule has 0 aliphatic carbocycles. The lowest BCUT2D eigenvalue weighted by Gasteiger charge is -2.01. The highest BCUT2D eigenvalue weighted by atomic mass is 35.5. The predicted octanol–water partition coefficient (Wildman–Crippen LogP) is 2.09. The molecular weight excluding hydrogens is 204 g/mol. The third kappa shape index (κ3) is 2.57. The average molecular weight is 213 g/mol. The summed E-state index contributed by atoms with van der Waals surface area (Å²) < 4.78 is 4.38. The van der Waals surface area contributed by atoms with Gasteiger partial charge in [-0.15, -0.1) is 0 Å². The largest absolute Gasteiger partial charge is 0.469 e. The van der Waals surface area contributed by atoms with Gasteiger partial charge < -0.3 is 4.74 Å². The first-order valence-corrected chi connectivity index (χ1v) is 4.37. The molecule has 0 N–H and O–H groups in total. The van der Waals surface area contributed by atoms with Gasteiger partial charge in [0.05, 0.1) is 12.1 Å². The van der Waals surface area contributed by atoms with E-state index in [1.54, 1.807) is 24.3 Å². The number of carbonyl (C=O) groups excluding carboxylic acids is 2. The van der Waals surface area contributed by atoms with Gasteiger partial charge in [-0.3, -0.25) is 9.59 Å². The van der Waals surface area contributed by atoms with Crippen LogP contribution < -0.4 is 0 Å². The van der Waals surface area contributed by atoms with Crippen LogP contribution in [0.1, 0.15) is 16.8 Å². The number of carbonyl (C=O) groups is 2. The Morgan fingerprint density at radius 1 is 1.36 bits per heavy atom. The number of esters is 1. The van der Waals surface area contributed by atoms with Gasteiger partial charge in [-0.25, -0.2) is 0 Å². The van der Waals surface area contributed by atoms with Gasteiger partial charge in [0.1, 0.15) is 6.42 Å². The minimum Gasteiger partial charge on any atom is -0.469 e. The molecule has 4 heteroatoms. The normalized spacial score (nSPS) is 9.57. The van der Waals surface area contributed by atoms with Crippen LogP contribution >= 0.6 is 11.6 Å². The number of ketones is 1. The number of rotatable bonds is 3. The lowest BCUT2D eigenvalue weighted by Crippen LogP contribution is -2.09. The molecule has 3 nitrogen and oxygen atoms in total. The molecule has 0 unspecified atom stereocenters. The fourth-order valence-electron chi connectivity index (χ4n) is 0.986. The Morgan fingerprint density at radius 3 is 2.57 bits per heavy atom. The summed E-state index contributed by atoms with van der Waals surface area (Å²) in [4.78, 5) is 22.3. The molecule has 0 amide bonds. The summed E-state index contributed by atoms with van der Waals surface area (Å²) >= 11 is 5.77. The summed E-state index contributed by atoms with van der Waals surface area (Å²) in [6.07, 6.45) is -0.278. The molecule has 74 valence electrons. The maximum atomic E-state index is 11.4. The standard InChI is InChI=1S/C10H9ClO3/c1-14-10(13)6-9(12)7-4-2-3-5-8(7)11/h2-5H,6H2,1H3. The van der Waals surface area contributed by atoms with Gasteiger partial charge in [0.15, 0.2) is 5.78 Å². The van der Waals surface area contributed by atoms with E-state index in [1.807, 2.05) is 0 Å². The Balaban J connectivity index is 2.80. The van der Waals surface area contributed by atoms with Gasteiger partial charge in [0.25, 0.3) is 0 Å². The molecule has 0 saturated heterocycles. The average Bonchev–Trinajstić information content (AvgIpc) is 2.18.